The van der Waals surface area contributed by atoms with E-state index in [0.717, 1.165) is 27.5 Å². The molecule has 0 atom stereocenters. The molecule has 0 aliphatic heterocycles. The minimum Gasteiger partial charge on any atom is -0.481 e. The summed E-state index contributed by atoms with van der Waals surface area (Å²) in [7, 11) is 0. The lowest BCUT2D eigenvalue weighted by atomic mass is 10.0. The van der Waals surface area contributed by atoms with Crippen molar-refractivity contribution in [1.82, 2.24) is 4.98 Å². The van der Waals surface area contributed by atoms with Gasteiger partial charge in [0.1, 0.15) is 5.58 Å². The lowest BCUT2D eigenvalue weighted by Crippen LogP contribution is -2.13. The van der Waals surface area contributed by atoms with Crippen molar-refractivity contribution in [2.75, 3.05) is 5.32 Å². The zero-order valence-corrected chi connectivity index (χ0v) is 15.3. The molecule has 1 amide bonds. The third-order valence-electron chi connectivity index (χ3n) is 4.23. The Hall–Kier alpha value is -3.52. The van der Waals surface area contributed by atoms with Gasteiger partial charge in [0.2, 0.25) is 5.91 Å². The quantitative estimate of drug-likeness (QED) is 0.393. The molecule has 0 saturated carbocycles. The fourth-order valence-corrected chi connectivity index (χ4v) is 3.63. The second-order valence-electron chi connectivity index (χ2n) is 6.13. The van der Waals surface area contributed by atoms with E-state index in [2.05, 4.69) is 10.3 Å². The van der Waals surface area contributed by atoms with Crippen molar-refractivity contribution in [2.24, 2.45) is 0 Å². The third kappa shape index (κ3) is 3.49. The summed E-state index contributed by atoms with van der Waals surface area (Å²) in [6.07, 6.45) is -0.403. The Bertz CT molecular complexity index is 1270. The largest absolute Gasteiger partial charge is 0.481 e. The summed E-state index contributed by atoms with van der Waals surface area (Å²) in [5, 5.41) is 15.9. The van der Waals surface area contributed by atoms with E-state index < -0.39 is 17.5 Å². The molecule has 2 N–H and O–H groups in total. The van der Waals surface area contributed by atoms with Crippen LogP contribution in [-0.4, -0.2) is 22.0 Å². The first kappa shape index (κ1) is 17.9. The number of amides is 1. The third-order valence-corrected chi connectivity index (χ3v) is 4.99. The number of nitrogens with one attached hydrogen (secondary N) is 1. The molecule has 140 valence electrons. The number of carboxylic acids is 1. The Balaban J connectivity index is 1.69. The maximum absolute atomic E-state index is 12.4. The Labute approximate surface area is 162 Å². The highest BCUT2D eigenvalue weighted by atomic mass is 32.1. The average molecular weight is 394 g/mol. The SMILES string of the molecule is O=C(O)CCC(=O)Nc1nc(-c2cc3c(ccc4ccccc43)oc2=O)cs1. The van der Waals surface area contributed by atoms with Gasteiger partial charge in [0.05, 0.1) is 17.7 Å². The number of carbonyl (C=O) groups is 2. The molecule has 7 nitrogen and oxygen atoms in total. The van der Waals surface area contributed by atoms with E-state index in [0.29, 0.717) is 22.0 Å². The van der Waals surface area contributed by atoms with Crippen LogP contribution in [0.15, 0.2) is 57.1 Å². The highest BCUT2D eigenvalue weighted by Crippen LogP contribution is 2.29. The number of rotatable bonds is 5. The number of anilines is 1. The summed E-state index contributed by atoms with van der Waals surface area (Å²) in [5.41, 5.74) is 0.662. The van der Waals surface area contributed by atoms with Gasteiger partial charge in [0.15, 0.2) is 5.13 Å². The zero-order chi connectivity index (χ0) is 19.7. The van der Waals surface area contributed by atoms with Gasteiger partial charge in [-0.1, -0.05) is 30.3 Å². The molecule has 0 bridgehead atoms. The first-order valence-electron chi connectivity index (χ1n) is 8.44. The summed E-state index contributed by atoms with van der Waals surface area (Å²) in [5.74, 6) is -1.49. The lowest BCUT2D eigenvalue weighted by molar-refractivity contribution is -0.138. The molecule has 4 rings (SSSR count). The van der Waals surface area contributed by atoms with Gasteiger partial charge in [0, 0.05) is 17.2 Å². The fraction of sp³-hybridized carbons (Fsp3) is 0.100. The molecular formula is C20H14N2O5S. The van der Waals surface area contributed by atoms with Crippen LogP contribution in [0.4, 0.5) is 5.13 Å². The van der Waals surface area contributed by atoms with E-state index in [1.807, 2.05) is 30.3 Å². The van der Waals surface area contributed by atoms with E-state index in [4.69, 9.17) is 9.52 Å². The van der Waals surface area contributed by atoms with Crippen molar-refractivity contribution in [3.8, 4) is 11.3 Å². The van der Waals surface area contributed by atoms with E-state index in [9.17, 15) is 14.4 Å². The van der Waals surface area contributed by atoms with Gasteiger partial charge < -0.3 is 14.8 Å². The summed E-state index contributed by atoms with van der Waals surface area (Å²) < 4.78 is 5.47. The standard InChI is InChI=1S/C20H14N2O5S/c23-17(7-8-18(24)25)22-20-21-15(10-28-20)14-9-13-12-4-2-1-3-11(12)5-6-16(13)27-19(14)26/h1-6,9-10H,7-8H2,(H,24,25)(H,21,22,23). The van der Waals surface area contributed by atoms with Crippen LogP contribution < -0.4 is 10.9 Å². The zero-order valence-electron chi connectivity index (χ0n) is 14.5. The molecule has 2 aromatic heterocycles. The van der Waals surface area contributed by atoms with Gasteiger partial charge in [0.25, 0.3) is 0 Å². The monoisotopic (exact) mass is 394 g/mol. The maximum Gasteiger partial charge on any atom is 0.345 e. The van der Waals surface area contributed by atoms with Gasteiger partial charge in [-0.05, 0) is 22.9 Å². The normalized spacial score (nSPS) is 11.0. The predicted molar refractivity (Wildman–Crippen MR) is 107 cm³/mol. The topological polar surface area (TPSA) is 110 Å². The molecule has 0 fully saturated rings. The van der Waals surface area contributed by atoms with Crippen molar-refractivity contribution < 1.29 is 19.1 Å². The number of benzene rings is 2. The van der Waals surface area contributed by atoms with Crippen LogP contribution in [0.5, 0.6) is 0 Å². The number of aliphatic carboxylic acids is 1. The summed E-state index contributed by atoms with van der Waals surface area (Å²) in [6.45, 7) is 0. The molecule has 2 aromatic carbocycles. The highest BCUT2D eigenvalue weighted by molar-refractivity contribution is 7.14. The number of carboxylic acid groups (broad SMARTS) is 1. The molecule has 4 aromatic rings. The number of nitrogens with zero attached hydrogens (tertiary/aromatic N) is 1. The lowest BCUT2D eigenvalue weighted by Gasteiger charge is -2.04. The van der Waals surface area contributed by atoms with E-state index in [-0.39, 0.29) is 12.8 Å². The highest BCUT2D eigenvalue weighted by Gasteiger charge is 2.14. The minimum atomic E-state index is -1.05. The van der Waals surface area contributed by atoms with E-state index in [1.165, 1.54) is 0 Å². The van der Waals surface area contributed by atoms with Crippen LogP contribution in [-0.2, 0) is 9.59 Å². The summed E-state index contributed by atoms with van der Waals surface area (Å²) in [6, 6.07) is 13.2. The molecule has 28 heavy (non-hydrogen) atoms. The number of aromatic nitrogens is 1. The van der Waals surface area contributed by atoms with Crippen LogP contribution in [0, 0.1) is 0 Å². The predicted octanol–water partition coefficient (Wildman–Crippen LogP) is 3.87. The number of fused-ring (bicyclic) bond motifs is 3. The molecular weight excluding hydrogens is 380 g/mol. The molecule has 0 saturated heterocycles. The molecule has 0 radical (unpaired) electrons. The van der Waals surface area contributed by atoms with Gasteiger partial charge in [-0.15, -0.1) is 11.3 Å². The smallest absolute Gasteiger partial charge is 0.345 e. The molecule has 0 aliphatic rings. The molecule has 0 spiro atoms. The first-order chi connectivity index (χ1) is 13.5. The molecule has 2 heterocycles. The Morgan fingerprint density at radius 3 is 2.75 bits per heavy atom. The van der Waals surface area contributed by atoms with Crippen molar-refractivity contribution in [3.63, 3.8) is 0 Å². The average Bonchev–Trinajstić information content (AvgIpc) is 3.13. The Kier molecular flexibility index (Phi) is 4.62. The first-order valence-corrected chi connectivity index (χ1v) is 9.32. The molecule has 0 unspecified atom stereocenters. The fourth-order valence-electron chi connectivity index (χ4n) is 2.91. The second kappa shape index (κ2) is 7.24. The Morgan fingerprint density at radius 1 is 1.11 bits per heavy atom. The number of hydrogen-bond acceptors (Lipinski definition) is 6. The minimum absolute atomic E-state index is 0.144. The van der Waals surface area contributed by atoms with Gasteiger partial charge in [-0.2, -0.15) is 0 Å². The molecule has 8 heteroatoms. The van der Waals surface area contributed by atoms with E-state index >= 15 is 0 Å². The van der Waals surface area contributed by atoms with Gasteiger partial charge in [-0.25, -0.2) is 9.78 Å². The number of carbonyl (C=O) groups excluding carboxylic acids is 1. The van der Waals surface area contributed by atoms with Crippen molar-refractivity contribution >= 4 is 50.1 Å². The summed E-state index contributed by atoms with van der Waals surface area (Å²) in [4.78, 5) is 39.0. The van der Waals surface area contributed by atoms with Crippen molar-refractivity contribution in [2.45, 2.75) is 12.8 Å². The Morgan fingerprint density at radius 2 is 1.93 bits per heavy atom. The maximum atomic E-state index is 12.4. The number of thiazole rings is 1. The number of hydrogen-bond donors (Lipinski definition) is 2. The van der Waals surface area contributed by atoms with Crippen LogP contribution >= 0.6 is 11.3 Å². The van der Waals surface area contributed by atoms with Crippen molar-refractivity contribution in [3.05, 3.63) is 58.3 Å². The van der Waals surface area contributed by atoms with Crippen LogP contribution in [0.2, 0.25) is 0 Å². The second-order valence-corrected chi connectivity index (χ2v) is 6.98. The van der Waals surface area contributed by atoms with E-state index in [1.54, 1.807) is 17.5 Å². The van der Waals surface area contributed by atoms with Gasteiger partial charge in [-0.3, -0.25) is 9.59 Å². The van der Waals surface area contributed by atoms with Gasteiger partial charge >= 0.3 is 11.6 Å². The van der Waals surface area contributed by atoms with Crippen LogP contribution in [0.25, 0.3) is 33.0 Å². The summed E-state index contributed by atoms with van der Waals surface area (Å²) >= 11 is 1.15. The van der Waals surface area contributed by atoms with Crippen LogP contribution in [0.3, 0.4) is 0 Å². The van der Waals surface area contributed by atoms with Crippen molar-refractivity contribution in [1.29, 1.82) is 0 Å². The molecule has 0 aliphatic carbocycles. The van der Waals surface area contributed by atoms with Crippen LogP contribution in [0.1, 0.15) is 12.8 Å².